The van der Waals surface area contributed by atoms with Gasteiger partial charge in [-0.25, -0.2) is 22.5 Å². The first-order valence-corrected chi connectivity index (χ1v) is 7.45. The maximum absolute atomic E-state index is 13.6. The number of rotatable bonds is 3. The van der Waals surface area contributed by atoms with Crippen molar-refractivity contribution in [1.82, 2.24) is 15.2 Å². The van der Waals surface area contributed by atoms with Crippen LogP contribution in [0.3, 0.4) is 0 Å². The van der Waals surface area contributed by atoms with E-state index < -0.39 is 15.8 Å². The molecule has 0 fully saturated rings. The molecule has 9 heteroatoms. The van der Waals surface area contributed by atoms with Gasteiger partial charge in [-0.3, -0.25) is 0 Å². The smallest absolute Gasteiger partial charge is 0.264 e. The highest BCUT2D eigenvalue weighted by molar-refractivity contribution is 7.92. The average molecular weight is 311 g/mol. The minimum atomic E-state index is -4.05. The van der Waals surface area contributed by atoms with Crippen LogP contribution in [0.1, 0.15) is 17.0 Å². The Kier molecular flexibility index (Phi) is 3.77. The van der Waals surface area contributed by atoms with Gasteiger partial charge in [-0.05, 0) is 32.9 Å². The third-order valence-electron chi connectivity index (χ3n) is 2.93. The number of nitrogens with two attached hydrogens (primary N) is 1. The Morgan fingerprint density at radius 2 is 1.81 bits per heavy atom. The Morgan fingerprint density at radius 3 is 2.43 bits per heavy atom. The first-order valence-electron chi connectivity index (χ1n) is 5.97. The zero-order valence-electron chi connectivity index (χ0n) is 11.7. The molecule has 0 unspecified atom stereocenters. The highest BCUT2D eigenvalue weighted by Crippen LogP contribution is 2.23. The minimum absolute atomic E-state index is 0.0117. The van der Waals surface area contributed by atoms with Crippen molar-refractivity contribution < 1.29 is 12.8 Å². The largest absolute Gasteiger partial charge is 0.399 e. The normalized spacial score (nSPS) is 11.4. The number of benzene rings is 1. The van der Waals surface area contributed by atoms with Crippen molar-refractivity contribution >= 4 is 21.7 Å². The van der Waals surface area contributed by atoms with Crippen molar-refractivity contribution in [2.24, 2.45) is 0 Å². The lowest BCUT2D eigenvalue weighted by Crippen LogP contribution is -2.18. The lowest BCUT2D eigenvalue weighted by molar-refractivity contribution is 0.590. The lowest BCUT2D eigenvalue weighted by Gasteiger charge is -2.11. The Bertz CT molecular complexity index is 808. The van der Waals surface area contributed by atoms with Gasteiger partial charge in [-0.2, -0.15) is 5.10 Å². The highest BCUT2D eigenvalue weighted by atomic mass is 32.2. The molecule has 21 heavy (non-hydrogen) atoms. The summed E-state index contributed by atoms with van der Waals surface area (Å²) < 4.78 is 40.3. The summed E-state index contributed by atoms with van der Waals surface area (Å²) >= 11 is 0. The van der Waals surface area contributed by atoms with E-state index in [0.29, 0.717) is 11.4 Å². The number of hydrogen-bond donors (Lipinski definition) is 2. The fourth-order valence-electron chi connectivity index (χ4n) is 1.63. The quantitative estimate of drug-likeness (QED) is 0.827. The van der Waals surface area contributed by atoms with Gasteiger partial charge in [-0.1, -0.05) is 0 Å². The van der Waals surface area contributed by atoms with E-state index in [1.54, 1.807) is 13.8 Å². The molecule has 0 amide bonds. The summed E-state index contributed by atoms with van der Waals surface area (Å²) in [6.45, 7) is 4.72. The molecule has 0 aliphatic heterocycles. The number of sulfonamides is 1. The molecule has 2 rings (SSSR count). The minimum Gasteiger partial charge on any atom is -0.399 e. The number of anilines is 2. The molecule has 2 aromatic rings. The van der Waals surface area contributed by atoms with Crippen LogP contribution in [0.5, 0.6) is 0 Å². The molecule has 7 nitrogen and oxygen atoms in total. The summed E-state index contributed by atoms with van der Waals surface area (Å²) in [5, 5.41) is 7.42. The third-order valence-corrected chi connectivity index (χ3v) is 4.38. The Labute approximate surface area is 121 Å². The fourth-order valence-corrected chi connectivity index (χ4v) is 2.86. The van der Waals surface area contributed by atoms with Crippen LogP contribution in [0.15, 0.2) is 17.0 Å². The molecule has 0 bridgehead atoms. The van der Waals surface area contributed by atoms with Crippen LogP contribution in [-0.4, -0.2) is 23.6 Å². The number of nitrogens with zero attached hydrogens (tertiary/aromatic N) is 3. The number of nitrogen functional groups attached to an aromatic ring is 1. The van der Waals surface area contributed by atoms with Crippen LogP contribution >= 0.6 is 0 Å². The molecule has 0 spiro atoms. The van der Waals surface area contributed by atoms with Crippen molar-refractivity contribution in [3.8, 4) is 0 Å². The van der Waals surface area contributed by atoms with Gasteiger partial charge in [0.2, 0.25) is 0 Å². The first kappa shape index (κ1) is 15.1. The van der Waals surface area contributed by atoms with Gasteiger partial charge in [0.1, 0.15) is 5.82 Å². The number of aromatic nitrogens is 3. The first-order chi connectivity index (χ1) is 9.70. The molecule has 112 valence electrons. The van der Waals surface area contributed by atoms with Gasteiger partial charge < -0.3 is 5.73 Å². The Hall–Kier alpha value is -2.29. The second-order valence-electron chi connectivity index (χ2n) is 4.54. The van der Waals surface area contributed by atoms with E-state index in [-0.39, 0.29) is 22.1 Å². The summed E-state index contributed by atoms with van der Waals surface area (Å²) in [6, 6.07) is 2.23. The molecule has 3 N–H and O–H groups in total. The summed E-state index contributed by atoms with van der Waals surface area (Å²) in [5.74, 6) is -0.880. The topological polar surface area (TPSA) is 111 Å². The van der Waals surface area contributed by atoms with Gasteiger partial charge in [0.25, 0.3) is 16.0 Å². The third kappa shape index (κ3) is 3.07. The van der Waals surface area contributed by atoms with Crippen LogP contribution < -0.4 is 10.5 Å². The van der Waals surface area contributed by atoms with Gasteiger partial charge in [0.15, 0.2) is 0 Å². The van der Waals surface area contributed by atoms with E-state index in [9.17, 15) is 12.8 Å². The highest BCUT2D eigenvalue weighted by Gasteiger charge is 2.21. The van der Waals surface area contributed by atoms with Gasteiger partial charge >= 0.3 is 0 Å². The monoisotopic (exact) mass is 311 g/mol. The molecule has 0 radical (unpaired) electrons. The number of hydrogen-bond acceptors (Lipinski definition) is 6. The van der Waals surface area contributed by atoms with Crippen LogP contribution in [-0.2, 0) is 10.0 Å². The van der Waals surface area contributed by atoms with Crippen LogP contribution in [0, 0.1) is 26.6 Å². The molecule has 1 heterocycles. The van der Waals surface area contributed by atoms with Crippen molar-refractivity contribution in [3.63, 3.8) is 0 Å². The second kappa shape index (κ2) is 5.24. The standard InChI is InChI=1S/C12H14FN5O2S/c1-6-10(13)4-9(14)5-11(6)21(19,20)18-12-15-7(2)8(3)16-17-12/h4-5H,14H2,1-3H3,(H,15,17,18). The molecular formula is C12H14FN5O2S. The van der Waals surface area contributed by atoms with Crippen molar-refractivity contribution in [2.45, 2.75) is 25.7 Å². The second-order valence-corrected chi connectivity index (χ2v) is 6.19. The number of halogens is 1. The van der Waals surface area contributed by atoms with Crippen molar-refractivity contribution in [1.29, 1.82) is 0 Å². The van der Waals surface area contributed by atoms with E-state index in [4.69, 9.17) is 5.73 Å². The fraction of sp³-hybridized carbons (Fsp3) is 0.250. The predicted molar refractivity (Wildman–Crippen MR) is 75.7 cm³/mol. The molecule has 0 aliphatic carbocycles. The zero-order valence-corrected chi connectivity index (χ0v) is 12.5. The zero-order chi connectivity index (χ0) is 15.8. The molecule has 1 aromatic heterocycles. The van der Waals surface area contributed by atoms with Crippen LogP contribution in [0.2, 0.25) is 0 Å². The Morgan fingerprint density at radius 1 is 1.14 bits per heavy atom. The molecule has 0 atom stereocenters. The van der Waals surface area contributed by atoms with Crippen LogP contribution in [0.4, 0.5) is 16.0 Å². The molecule has 0 saturated carbocycles. The Balaban J connectivity index is 2.45. The maximum atomic E-state index is 13.6. The molecule has 0 aliphatic rings. The molecular weight excluding hydrogens is 297 g/mol. The van der Waals surface area contributed by atoms with E-state index in [2.05, 4.69) is 19.9 Å². The summed E-state index contributed by atoms with van der Waals surface area (Å²) in [7, 11) is -4.05. The predicted octanol–water partition coefficient (Wildman–Crippen LogP) is 1.32. The van der Waals surface area contributed by atoms with Gasteiger partial charge in [0.05, 0.1) is 16.3 Å². The SMILES string of the molecule is Cc1nnc(NS(=O)(=O)c2cc(N)cc(F)c2C)nc1C. The average Bonchev–Trinajstić information content (AvgIpc) is 2.37. The van der Waals surface area contributed by atoms with Gasteiger partial charge in [-0.15, -0.1) is 5.10 Å². The summed E-state index contributed by atoms with van der Waals surface area (Å²) in [6.07, 6.45) is 0. The van der Waals surface area contributed by atoms with E-state index in [1.807, 2.05) is 0 Å². The lowest BCUT2D eigenvalue weighted by atomic mass is 10.2. The number of nitrogens with one attached hydrogen (secondary N) is 1. The van der Waals surface area contributed by atoms with Crippen molar-refractivity contribution in [3.05, 3.63) is 34.9 Å². The van der Waals surface area contributed by atoms with E-state index in [0.717, 1.165) is 6.07 Å². The van der Waals surface area contributed by atoms with Gasteiger partial charge in [0, 0.05) is 11.3 Å². The molecule has 1 aromatic carbocycles. The van der Waals surface area contributed by atoms with E-state index >= 15 is 0 Å². The molecule has 0 saturated heterocycles. The summed E-state index contributed by atoms with van der Waals surface area (Å²) in [4.78, 5) is 3.71. The van der Waals surface area contributed by atoms with Crippen LogP contribution in [0.25, 0.3) is 0 Å². The summed E-state index contributed by atoms with van der Waals surface area (Å²) in [5.41, 5.74) is 6.59. The maximum Gasteiger partial charge on any atom is 0.264 e. The number of aryl methyl sites for hydroxylation is 2. The van der Waals surface area contributed by atoms with Crippen molar-refractivity contribution in [2.75, 3.05) is 10.5 Å². The van der Waals surface area contributed by atoms with E-state index in [1.165, 1.54) is 13.0 Å².